The molecular weight excluding hydrogens is 353 g/mol. The second kappa shape index (κ2) is 7.30. The summed E-state index contributed by atoms with van der Waals surface area (Å²) < 4.78 is 47.0. The number of carbonyl (C=O) groups excluding carboxylic acids is 1. The van der Waals surface area contributed by atoms with Crippen LogP contribution in [0.3, 0.4) is 0 Å². The van der Waals surface area contributed by atoms with E-state index in [1.807, 2.05) is 0 Å². The second-order valence-corrected chi connectivity index (χ2v) is 6.01. The Balaban J connectivity index is 1.65. The molecule has 10 heteroatoms. The molecule has 1 saturated heterocycles. The van der Waals surface area contributed by atoms with Gasteiger partial charge in [-0.1, -0.05) is 5.16 Å². The molecule has 1 amide bonds. The van der Waals surface area contributed by atoms with Gasteiger partial charge in [-0.15, -0.1) is 0 Å². The molecule has 0 bridgehead atoms. The highest BCUT2D eigenvalue weighted by molar-refractivity contribution is 5.96. The first-order valence-electron chi connectivity index (χ1n) is 8.07. The first kappa shape index (κ1) is 18.2. The molecule has 0 N–H and O–H groups in total. The van der Waals surface area contributed by atoms with E-state index in [1.54, 1.807) is 11.8 Å². The fraction of sp³-hybridized carbons (Fsp3) is 0.500. The zero-order valence-corrected chi connectivity index (χ0v) is 14.0. The Hall–Kier alpha value is -2.65. The number of aryl methyl sites for hydroxylation is 1. The van der Waals surface area contributed by atoms with Crippen molar-refractivity contribution in [3.8, 4) is 5.88 Å². The van der Waals surface area contributed by atoms with Crippen LogP contribution in [0.15, 0.2) is 22.9 Å². The Morgan fingerprint density at radius 1 is 1.38 bits per heavy atom. The molecular formula is C16H17F3N4O3. The smallest absolute Gasteiger partial charge is 0.422 e. The zero-order chi connectivity index (χ0) is 18.7. The monoisotopic (exact) mass is 370 g/mol. The number of amides is 1. The van der Waals surface area contributed by atoms with Gasteiger partial charge in [0.2, 0.25) is 11.8 Å². The molecule has 0 aromatic carbocycles. The van der Waals surface area contributed by atoms with E-state index in [4.69, 9.17) is 4.52 Å². The standard InChI is InChI=1S/C16H17F3N4O3/c1-10-21-13(26-22-10)11-4-7-23(8-5-11)15(24)12-3-2-6-20-14(12)25-9-16(17,18)19/h2-3,6,11H,4-5,7-9H2,1H3. The quantitative estimate of drug-likeness (QED) is 0.823. The van der Waals surface area contributed by atoms with Crippen LogP contribution in [0.5, 0.6) is 5.88 Å². The van der Waals surface area contributed by atoms with Gasteiger partial charge in [0.1, 0.15) is 5.56 Å². The van der Waals surface area contributed by atoms with Crippen molar-refractivity contribution in [1.82, 2.24) is 20.0 Å². The van der Waals surface area contributed by atoms with Gasteiger partial charge in [0.25, 0.3) is 5.91 Å². The Kier molecular flexibility index (Phi) is 5.10. The first-order chi connectivity index (χ1) is 12.3. The van der Waals surface area contributed by atoms with E-state index in [1.165, 1.54) is 18.3 Å². The lowest BCUT2D eigenvalue weighted by molar-refractivity contribution is -0.154. The molecule has 0 aliphatic carbocycles. The molecule has 3 heterocycles. The lowest BCUT2D eigenvalue weighted by atomic mass is 9.96. The van der Waals surface area contributed by atoms with E-state index in [0.29, 0.717) is 37.6 Å². The van der Waals surface area contributed by atoms with E-state index in [2.05, 4.69) is 19.9 Å². The van der Waals surface area contributed by atoms with E-state index in [0.717, 1.165) is 0 Å². The molecule has 7 nitrogen and oxygen atoms in total. The maximum Gasteiger partial charge on any atom is 0.422 e. The van der Waals surface area contributed by atoms with Crippen LogP contribution in [0.25, 0.3) is 0 Å². The van der Waals surface area contributed by atoms with Crippen molar-refractivity contribution in [2.24, 2.45) is 0 Å². The maximum absolute atomic E-state index is 12.7. The number of rotatable bonds is 4. The normalized spacial score (nSPS) is 15.9. The average Bonchev–Trinajstić information content (AvgIpc) is 3.05. The van der Waals surface area contributed by atoms with Crippen LogP contribution < -0.4 is 4.74 Å². The van der Waals surface area contributed by atoms with Crippen LogP contribution in [-0.4, -0.2) is 51.8 Å². The summed E-state index contributed by atoms with van der Waals surface area (Å²) in [7, 11) is 0. The number of hydrogen-bond donors (Lipinski definition) is 0. The number of ether oxygens (including phenoxy) is 1. The number of aromatic nitrogens is 3. The second-order valence-electron chi connectivity index (χ2n) is 6.01. The summed E-state index contributed by atoms with van der Waals surface area (Å²) in [5.41, 5.74) is 0.0174. The third-order valence-electron chi connectivity index (χ3n) is 4.05. The van der Waals surface area contributed by atoms with Crippen LogP contribution in [0.1, 0.15) is 40.8 Å². The van der Waals surface area contributed by atoms with Gasteiger partial charge in [-0.05, 0) is 31.9 Å². The molecule has 0 radical (unpaired) electrons. The zero-order valence-electron chi connectivity index (χ0n) is 14.0. The molecule has 1 fully saturated rings. The summed E-state index contributed by atoms with van der Waals surface area (Å²) >= 11 is 0. The van der Waals surface area contributed by atoms with E-state index in [9.17, 15) is 18.0 Å². The van der Waals surface area contributed by atoms with Gasteiger partial charge in [-0.2, -0.15) is 18.2 Å². The topological polar surface area (TPSA) is 81.4 Å². The van der Waals surface area contributed by atoms with Gasteiger partial charge in [0.05, 0.1) is 0 Å². The summed E-state index contributed by atoms with van der Waals surface area (Å²) in [6.45, 7) is 1.09. The van der Waals surface area contributed by atoms with E-state index < -0.39 is 18.7 Å². The molecule has 0 saturated carbocycles. The molecule has 1 aliphatic heterocycles. The van der Waals surface area contributed by atoms with Crippen LogP contribution >= 0.6 is 0 Å². The Labute approximate surface area is 147 Å². The van der Waals surface area contributed by atoms with Gasteiger partial charge in [-0.25, -0.2) is 4.98 Å². The molecule has 0 unspecified atom stereocenters. The maximum atomic E-state index is 12.7. The summed E-state index contributed by atoms with van der Waals surface area (Å²) in [5, 5.41) is 3.76. The Morgan fingerprint density at radius 2 is 2.12 bits per heavy atom. The van der Waals surface area contributed by atoms with Gasteiger partial charge in [-0.3, -0.25) is 4.79 Å². The van der Waals surface area contributed by atoms with Crippen LogP contribution in [-0.2, 0) is 0 Å². The minimum atomic E-state index is -4.50. The third kappa shape index (κ3) is 4.30. The van der Waals surface area contributed by atoms with Crippen molar-refractivity contribution >= 4 is 5.91 Å². The number of nitrogens with zero attached hydrogens (tertiary/aromatic N) is 4. The van der Waals surface area contributed by atoms with Crippen molar-refractivity contribution in [3.63, 3.8) is 0 Å². The number of alkyl halides is 3. The highest BCUT2D eigenvalue weighted by Crippen LogP contribution is 2.28. The van der Waals surface area contributed by atoms with Crippen LogP contribution in [0.4, 0.5) is 13.2 Å². The van der Waals surface area contributed by atoms with E-state index >= 15 is 0 Å². The summed E-state index contributed by atoms with van der Waals surface area (Å²) in [4.78, 5) is 22.2. The molecule has 26 heavy (non-hydrogen) atoms. The number of halogens is 3. The van der Waals surface area contributed by atoms with Crippen molar-refractivity contribution in [2.75, 3.05) is 19.7 Å². The number of piperidine rings is 1. The fourth-order valence-corrected chi connectivity index (χ4v) is 2.80. The summed E-state index contributed by atoms with van der Waals surface area (Å²) in [5.74, 6) is 0.445. The van der Waals surface area contributed by atoms with E-state index in [-0.39, 0.29) is 17.4 Å². The minimum Gasteiger partial charge on any atom is -0.467 e. The highest BCUT2D eigenvalue weighted by atomic mass is 19.4. The third-order valence-corrected chi connectivity index (χ3v) is 4.05. The number of hydrogen-bond acceptors (Lipinski definition) is 6. The molecule has 3 rings (SSSR count). The van der Waals surface area contributed by atoms with Crippen molar-refractivity contribution in [2.45, 2.75) is 31.9 Å². The summed E-state index contributed by atoms with van der Waals surface area (Å²) in [6.07, 6.45) is -1.95. The van der Waals surface area contributed by atoms with Gasteiger partial charge < -0.3 is 14.2 Å². The Bertz CT molecular complexity index is 770. The van der Waals surface area contributed by atoms with Crippen molar-refractivity contribution in [1.29, 1.82) is 0 Å². The van der Waals surface area contributed by atoms with Crippen molar-refractivity contribution < 1.29 is 27.2 Å². The lowest BCUT2D eigenvalue weighted by Gasteiger charge is -2.30. The predicted molar refractivity (Wildman–Crippen MR) is 82.7 cm³/mol. The average molecular weight is 370 g/mol. The van der Waals surface area contributed by atoms with Crippen LogP contribution in [0.2, 0.25) is 0 Å². The highest BCUT2D eigenvalue weighted by Gasteiger charge is 2.32. The Morgan fingerprint density at radius 3 is 2.73 bits per heavy atom. The first-order valence-corrected chi connectivity index (χ1v) is 8.07. The summed E-state index contributed by atoms with van der Waals surface area (Å²) in [6, 6.07) is 2.90. The molecule has 2 aromatic rings. The lowest BCUT2D eigenvalue weighted by Crippen LogP contribution is -2.38. The number of likely N-dealkylation sites (tertiary alicyclic amines) is 1. The minimum absolute atomic E-state index is 0.0174. The van der Waals surface area contributed by atoms with Gasteiger partial charge in [0.15, 0.2) is 12.4 Å². The molecule has 2 aromatic heterocycles. The van der Waals surface area contributed by atoms with Gasteiger partial charge in [0, 0.05) is 25.2 Å². The van der Waals surface area contributed by atoms with Gasteiger partial charge >= 0.3 is 6.18 Å². The number of carbonyl (C=O) groups is 1. The largest absolute Gasteiger partial charge is 0.467 e. The van der Waals surface area contributed by atoms with Crippen molar-refractivity contribution in [3.05, 3.63) is 35.6 Å². The number of pyridine rings is 1. The van der Waals surface area contributed by atoms with Crippen LogP contribution in [0, 0.1) is 6.92 Å². The fourth-order valence-electron chi connectivity index (χ4n) is 2.80. The molecule has 0 spiro atoms. The molecule has 1 aliphatic rings. The molecule has 140 valence electrons. The molecule has 0 atom stereocenters. The predicted octanol–water partition coefficient (Wildman–Crippen LogP) is 2.73. The SMILES string of the molecule is Cc1noc(C2CCN(C(=O)c3cccnc3OCC(F)(F)F)CC2)n1.